The Kier molecular flexibility index (Phi) is 5.41. The van der Waals surface area contributed by atoms with Crippen LogP contribution in [0.5, 0.6) is 17.2 Å². The zero-order valence-corrected chi connectivity index (χ0v) is 14.2. The summed E-state index contributed by atoms with van der Waals surface area (Å²) in [6.07, 6.45) is 0.258. The fourth-order valence-electron chi connectivity index (χ4n) is 2.67. The highest BCUT2D eigenvalue weighted by Gasteiger charge is 2.40. The SMILES string of the molecule is CCC(c1ccc(O)cc1)C(O)(O)c1ccc(O)cc1OP(=O)(O)O. The highest BCUT2D eigenvalue weighted by molar-refractivity contribution is 7.46. The third-order valence-electron chi connectivity index (χ3n) is 3.77. The molecule has 0 saturated carbocycles. The van der Waals surface area contributed by atoms with Gasteiger partial charge >= 0.3 is 7.82 Å². The lowest BCUT2D eigenvalue weighted by Gasteiger charge is -2.32. The number of phosphoric ester groups is 1. The molecule has 2 rings (SSSR count). The van der Waals surface area contributed by atoms with E-state index in [9.17, 15) is 25.0 Å². The molecule has 8 nitrogen and oxygen atoms in total. The van der Waals surface area contributed by atoms with Crippen LogP contribution in [0.3, 0.4) is 0 Å². The standard InChI is InChI=1S/C16H19O8P/c1-2-13(10-3-5-11(17)6-4-10)16(19,20)14-8-7-12(18)9-15(14)24-25(21,22)23/h3-9,13,17-20H,2H2,1H3,(H2,21,22,23). The van der Waals surface area contributed by atoms with E-state index >= 15 is 0 Å². The van der Waals surface area contributed by atoms with Crippen LogP contribution in [0, 0.1) is 0 Å². The summed E-state index contributed by atoms with van der Waals surface area (Å²) in [5.74, 6) is -4.34. The van der Waals surface area contributed by atoms with Crippen LogP contribution in [0.1, 0.15) is 30.4 Å². The molecule has 0 aliphatic rings. The first-order chi connectivity index (χ1) is 11.5. The summed E-state index contributed by atoms with van der Waals surface area (Å²) in [6.45, 7) is 1.70. The summed E-state index contributed by atoms with van der Waals surface area (Å²) in [6, 6.07) is 8.94. The molecule has 0 radical (unpaired) electrons. The van der Waals surface area contributed by atoms with Gasteiger partial charge in [-0.1, -0.05) is 19.1 Å². The first-order valence-corrected chi connectivity index (χ1v) is 8.90. The van der Waals surface area contributed by atoms with Gasteiger partial charge in [-0.05, 0) is 36.2 Å². The molecule has 0 bridgehead atoms. The molecule has 0 amide bonds. The molecule has 0 spiro atoms. The van der Waals surface area contributed by atoms with Crippen molar-refractivity contribution in [3.8, 4) is 17.2 Å². The van der Waals surface area contributed by atoms with Crippen LogP contribution >= 0.6 is 7.82 Å². The zero-order chi connectivity index (χ0) is 18.8. The number of hydrogen-bond donors (Lipinski definition) is 6. The second-order valence-electron chi connectivity index (χ2n) is 5.54. The summed E-state index contributed by atoms with van der Waals surface area (Å²) in [5.41, 5.74) is 0.175. The molecule has 0 heterocycles. The van der Waals surface area contributed by atoms with E-state index in [1.165, 1.54) is 24.3 Å². The fourth-order valence-corrected chi connectivity index (χ4v) is 3.07. The van der Waals surface area contributed by atoms with Crippen molar-refractivity contribution in [3.63, 3.8) is 0 Å². The van der Waals surface area contributed by atoms with E-state index in [0.29, 0.717) is 5.56 Å². The van der Waals surface area contributed by atoms with Crippen molar-refractivity contribution in [1.29, 1.82) is 0 Å². The third kappa shape index (κ3) is 4.50. The number of aromatic hydroxyl groups is 2. The zero-order valence-electron chi connectivity index (χ0n) is 13.3. The Balaban J connectivity index is 2.53. The summed E-state index contributed by atoms with van der Waals surface area (Å²) < 4.78 is 15.6. The van der Waals surface area contributed by atoms with Gasteiger partial charge in [0.25, 0.3) is 0 Å². The Labute approximate surface area is 143 Å². The summed E-state index contributed by atoms with van der Waals surface area (Å²) in [5, 5.41) is 40.3. The topological polar surface area (TPSA) is 148 Å². The van der Waals surface area contributed by atoms with Crippen LogP contribution in [0.25, 0.3) is 0 Å². The van der Waals surface area contributed by atoms with Crippen molar-refractivity contribution in [2.24, 2.45) is 0 Å². The van der Waals surface area contributed by atoms with Gasteiger partial charge < -0.3 is 24.9 Å². The molecule has 0 aromatic heterocycles. The van der Waals surface area contributed by atoms with Crippen LogP contribution in [-0.2, 0) is 10.4 Å². The molecule has 2 aromatic rings. The first-order valence-electron chi connectivity index (χ1n) is 7.37. The van der Waals surface area contributed by atoms with Crippen molar-refractivity contribution in [3.05, 3.63) is 53.6 Å². The van der Waals surface area contributed by atoms with Crippen molar-refractivity contribution >= 4 is 7.82 Å². The highest BCUT2D eigenvalue weighted by atomic mass is 31.2. The highest BCUT2D eigenvalue weighted by Crippen LogP contribution is 2.46. The molecule has 0 saturated heterocycles. The van der Waals surface area contributed by atoms with Gasteiger partial charge in [0.15, 0.2) is 0 Å². The van der Waals surface area contributed by atoms with Gasteiger partial charge in [0.05, 0.1) is 5.56 Å². The minimum absolute atomic E-state index is 0.00948. The maximum Gasteiger partial charge on any atom is 0.524 e. The van der Waals surface area contributed by atoms with E-state index in [1.807, 2.05) is 0 Å². The Morgan fingerprint density at radius 1 is 1.04 bits per heavy atom. The summed E-state index contributed by atoms with van der Waals surface area (Å²) >= 11 is 0. The van der Waals surface area contributed by atoms with Crippen molar-refractivity contribution in [1.82, 2.24) is 0 Å². The van der Waals surface area contributed by atoms with Crippen LogP contribution in [0.2, 0.25) is 0 Å². The van der Waals surface area contributed by atoms with E-state index in [0.717, 1.165) is 18.2 Å². The molecule has 2 aromatic carbocycles. The molecule has 0 aliphatic heterocycles. The molecule has 9 heteroatoms. The lowest BCUT2D eigenvalue weighted by molar-refractivity contribution is -0.189. The van der Waals surface area contributed by atoms with E-state index in [4.69, 9.17) is 9.79 Å². The van der Waals surface area contributed by atoms with Crippen LogP contribution in [-0.4, -0.2) is 30.2 Å². The van der Waals surface area contributed by atoms with Crippen molar-refractivity contribution in [2.75, 3.05) is 0 Å². The molecule has 25 heavy (non-hydrogen) atoms. The lowest BCUT2D eigenvalue weighted by Crippen LogP contribution is -2.33. The van der Waals surface area contributed by atoms with Crippen LogP contribution < -0.4 is 4.52 Å². The smallest absolute Gasteiger partial charge is 0.508 e. The maximum absolute atomic E-state index is 11.1. The van der Waals surface area contributed by atoms with Gasteiger partial charge in [-0.15, -0.1) is 0 Å². The quantitative estimate of drug-likeness (QED) is 0.334. The van der Waals surface area contributed by atoms with Gasteiger partial charge in [0.2, 0.25) is 5.79 Å². The van der Waals surface area contributed by atoms with Gasteiger partial charge in [-0.3, -0.25) is 9.79 Å². The minimum Gasteiger partial charge on any atom is -0.508 e. The molecular weight excluding hydrogens is 351 g/mol. The second-order valence-corrected chi connectivity index (χ2v) is 6.70. The maximum atomic E-state index is 11.1. The van der Waals surface area contributed by atoms with Gasteiger partial charge in [0, 0.05) is 12.0 Å². The fraction of sp³-hybridized carbons (Fsp3) is 0.250. The largest absolute Gasteiger partial charge is 0.524 e. The van der Waals surface area contributed by atoms with Crippen molar-refractivity contribution < 1.29 is 39.3 Å². The van der Waals surface area contributed by atoms with Gasteiger partial charge in [-0.25, -0.2) is 4.57 Å². The van der Waals surface area contributed by atoms with Crippen LogP contribution in [0.15, 0.2) is 42.5 Å². The minimum atomic E-state index is -4.99. The Morgan fingerprint density at radius 3 is 2.12 bits per heavy atom. The normalized spacial score (nSPS) is 13.5. The molecule has 0 aliphatic carbocycles. The van der Waals surface area contributed by atoms with E-state index in [2.05, 4.69) is 4.52 Å². The van der Waals surface area contributed by atoms with E-state index in [-0.39, 0.29) is 23.5 Å². The van der Waals surface area contributed by atoms with Crippen LogP contribution in [0.4, 0.5) is 0 Å². The number of rotatable bonds is 6. The van der Waals surface area contributed by atoms with Crippen molar-refractivity contribution in [2.45, 2.75) is 25.0 Å². The second kappa shape index (κ2) is 7.03. The number of phenolic OH excluding ortho intramolecular Hbond substituents is 2. The Hall–Kier alpha value is -2.09. The molecular formula is C16H19O8P. The summed E-state index contributed by atoms with van der Waals surface area (Å²) in [4.78, 5) is 18.0. The number of phosphoric acid groups is 1. The number of aliphatic hydroxyl groups is 2. The van der Waals surface area contributed by atoms with Gasteiger partial charge in [0.1, 0.15) is 17.2 Å². The predicted molar refractivity (Wildman–Crippen MR) is 88.0 cm³/mol. The molecule has 6 N–H and O–H groups in total. The predicted octanol–water partition coefficient (Wildman–Crippen LogP) is 1.90. The Bertz CT molecular complexity index is 781. The summed E-state index contributed by atoms with van der Waals surface area (Å²) in [7, 11) is -4.99. The number of phenols is 2. The monoisotopic (exact) mass is 370 g/mol. The van der Waals surface area contributed by atoms with E-state index in [1.54, 1.807) is 6.92 Å². The molecule has 0 fully saturated rings. The number of benzene rings is 2. The third-order valence-corrected chi connectivity index (χ3v) is 4.20. The average Bonchev–Trinajstić information content (AvgIpc) is 2.47. The van der Waals surface area contributed by atoms with Gasteiger partial charge in [-0.2, -0.15) is 0 Å². The Morgan fingerprint density at radius 2 is 1.60 bits per heavy atom. The molecule has 136 valence electrons. The van der Waals surface area contributed by atoms with E-state index < -0.39 is 25.3 Å². The molecule has 1 unspecified atom stereocenters. The average molecular weight is 370 g/mol. The molecule has 1 atom stereocenters. The lowest BCUT2D eigenvalue weighted by atomic mass is 9.83. The first kappa shape index (κ1) is 19.2. The number of hydrogen-bond acceptors (Lipinski definition) is 6.